The summed E-state index contributed by atoms with van der Waals surface area (Å²) in [6.07, 6.45) is 1.67. The minimum Gasteiger partial charge on any atom is -0.353 e. The second-order valence-corrected chi connectivity index (χ2v) is 9.72. The number of benzene rings is 1. The number of hydrogen-bond acceptors (Lipinski definition) is 4. The third kappa shape index (κ3) is 4.34. The van der Waals surface area contributed by atoms with E-state index in [0.29, 0.717) is 37.2 Å². The highest BCUT2D eigenvalue weighted by molar-refractivity contribution is 7.89. The van der Waals surface area contributed by atoms with E-state index in [2.05, 4.69) is 5.32 Å². The highest BCUT2D eigenvalue weighted by atomic mass is 32.2. The third-order valence-corrected chi connectivity index (χ3v) is 7.62. The van der Waals surface area contributed by atoms with Gasteiger partial charge in [-0.2, -0.15) is 4.31 Å². The van der Waals surface area contributed by atoms with Crippen molar-refractivity contribution in [2.75, 3.05) is 13.1 Å². The number of aryl methyl sites for hydroxylation is 2. The van der Waals surface area contributed by atoms with Gasteiger partial charge in [0, 0.05) is 24.0 Å². The molecule has 1 saturated heterocycles. The number of rotatable bonds is 5. The summed E-state index contributed by atoms with van der Waals surface area (Å²) < 4.78 is 27.2. The summed E-state index contributed by atoms with van der Waals surface area (Å²) >= 11 is 1.57. The maximum atomic E-state index is 12.8. The van der Waals surface area contributed by atoms with Crippen molar-refractivity contribution in [1.29, 1.82) is 0 Å². The van der Waals surface area contributed by atoms with Gasteiger partial charge in [0.1, 0.15) is 0 Å². The van der Waals surface area contributed by atoms with Gasteiger partial charge in [-0.3, -0.25) is 4.79 Å². The largest absolute Gasteiger partial charge is 0.353 e. The molecular weight excluding hydrogens is 368 g/mol. The number of nitrogens with zero attached hydrogens (tertiary/aromatic N) is 1. The van der Waals surface area contributed by atoms with E-state index >= 15 is 0 Å². The lowest BCUT2D eigenvalue weighted by Gasteiger charge is -2.31. The van der Waals surface area contributed by atoms with E-state index < -0.39 is 10.0 Å². The second-order valence-electron chi connectivity index (χ2n) is 6.75. The van der Waals surface area contributed by atoms with Gasteiger partial charge in [-0.05, 0) is 61.4 Å². The first-order chi connectivity index (χ1) is 12.4. The lowest BCUT2D eigenvalue weighted by Crippen LogP contribution is -2.46. The zero-order chi connectivity index (χ0) is 18.7. The molecular formula is C19H24N2O3S2. The van der Waals surface area contributed by atoms with Gasteiger partial charge in [0.25, 0.3) is 0 Å². The molecule has 1 aliphatic heterocycles. The molecule has 0 radical (unpaired) electrons. The predicted molar refractivity (Wildman–Crippen MR) is 104 cm³/mol. The molecule has 1 aliphatic rings. The van der Waals surface area contributed by atoms with Crippen LogP contribution in [0.1, 0.15) is 28.8 Å². The Kier molecular flexibility index (Phi) is 5.79. The fourth-order valence-electron chi connectivity index (χ4n) is 3.11. The minimum absolute atomic E-state index is 0.00270. The minimum atomic E-state index is -3.47. The van der Waals surface area contributed by atoms with Crippen molar-refractivity contribution in [1.82, 2.24) is 9.62 Å². The fourth-order valence-corrected chi connectivity index (χ4v) is 5.37. The third-order valence-electron chi connectivity index (χ3n) is 4.85. The molecule has 1 amide bonds. The summed E-state index contributed by atoms with van der Waals surface area (Å²) in [4.78, 5) is 13.5. The molecule has 1 aromatic heterocycles. The van der Waals surface area contributed by atoms with Crippen LogP contribution in [0.3, 0.4) is 0 Å². The van der Waals surface area contributed by atoms with Crippen molar-refractivity contribution in [3.63, 3.8) is 0 Å². The Hall–Kier alpha value is -1.70. The molecule has 1 aromatic carbocycles. The van der Waals surface area contributed by atoms with E-state index in [0.717, 1.165) is 16.0 Å². The molecule has 3 rings (SSSR count). The Labute approximate surface area is 159 Å². The first-order valence-corrected chi connectivity index (χ1v) is 11.1. The Morgan fingerprint density at radius 3 is 2.54 bits per heavy atom. The average molecular weight is 393 g/mol. The smallest absolute Gasteiger partial charge is 0.243 e. The second kappa shape index (κ2) is 7.90. The van der Waals surface area contributed by atoms with Crippen LogP contribution in [-0.4, -0.2) is 37.8 Å². The molecule has 0 bridgehead atoms. The summed E-state index contributed by atoms with van der Waals surface area (Å²) in [7, 11) is -3.47. The van der Waals surface area contributed by atoms with Crippen molar-refractivity contribution in [3.05, 3.63) is 51.7 Å². The predicted octanol–water partition coefficient (Wildman–Crippen LogP) is 2.88. The molecule has 0 atom stereocenters. The maximum Gasteiger partial charge on any atom is 0.243 e. The van der Waals surface area contributed by atoms with Gasteiger partial charge >= 0.3 is 0 Å². The first kappa shape index (κ1) is 19.1. The van der Waals surface area contributed by atoms with E-state index in [1.165, 1.54) is 4.31 Å². The molecule has 0 unspecified atom stereocenters. The van der Waals surface area contributed by atoms with Crippen LogP contribution in [0.2, 0.25) is 0 Å². The van der Waals surface area contributed by atoms with E-state index in [1.54, 1.807) is 23.5 Å². The number of sulfonamides is 1. The van der Waals surface area contributed by atoms with E-state index in [9.17, 15) is 13.2 Å². The van der Waals surface area contributed by atoms with E-state index in [-0.39, 0.29) is 11.9 Å². The quantitative estimate of drug-likeness (QED) is 0.851. The molecule has 0 saturated carbocycles. The molecule has 2 aromatic rings. The molecule has 0 aliphatic carbocycles. The van der Waals surface area contributed by atoms with Gasteiger partial charge in [0.05, 0.1) is 11.3 Å². The summed E-state index contributed by atoms with van der Waals surface area (Å²) in [6.45, 7) is 4.75. The molecule has 5 nitrogen and oxygen atoms in total. The first-order valence-electron chi connectivity index (χ1n) is 8.75. The van der Waals surface area contributed by atoms with Crippen LogP contribution >= 0.6 is 11.3 Å². The van der Waals surface area contributed by atoms with E-state index in [4.69, 9.17) is 0 Å². The van der Waals surface area contributed by atoms with Crippen molar-refractivity contribution < 1.29 is 13.2 Å². The summed E-state index contributed by atoms with van der Waals surface area (Å²) in [6, 6.07) is 9.17. The number of carbonyl (C=O) groups is 1. The van der Waals surface area contributed by atoms with Crippen LogP contribution in [-0.2, 0) is 21.2 Å². The van der Waals surface area contributed by atoms with Gasteiger partial charge in [-0.1, -0.05) is 12.1 Å². The van der Waals surface area contributed by atoms with Gasteiger partial charge < -0.3 is 5.32 Å². The lowest BCUT2D eigenvalue weighted by molar-refractivity contribution is -0.121. The van der Waals surface area contributed by atoms with Crippen LogP contribution in [0.15, 0.2) is 40.6 Å². The number of amides is 1. The molecule has 2 heterocycles. The van der Waals surface area contributed by atoms with Crippen molar-refractivity contribution in [2.45, 2.75) is 44.0 Å². The summed E-state index contributed by atoms with van der Waals surface area (Å²) in [5.74, 6) is 0.00270. The lowest BCUT2D eigenvalue weighted by atomic mass is 10.1. The summed E-state index contributed by atoms with van der Waals surface area (Å²) in [5, 5.41) is 4.99. The molecule has 1 N–H and O–H groups in total. The monoisotopic (exact) mass is 392 g/mol. The highest BCUT2D eigenvalue weighted by Gasteiger charge is 2.30. The molecule has 1 fully saturated rings. The van der Waals surface area contributed by atoms with Crippen LogP contribution < -0.4 is 5.32 Å². The van der Waals surface area contributed by atoms with Gasteiger partial charge in [-0.25, -0.2) is 8.42 Å². The highest BCUT2D eigenvalue weighted by Crippen LogP contribution is 2.23. The average Bonchev–Trinajstić information content (AvgIpc) is 3.10. The van der Waals surface area contributed by atoms with Gasteiger partial charge in [-0.15, -0.1) is 11.3 Å². The Balaban J connectivity index is 1.57. The van der Waals surface area contributed by atoms with Crippen LogP contribution in [0.5, 0.6) is 0 Å². The van der Waals surface area contributed by atoms with Crippen molar-refractivity contribution in [2.24, 2.45) is 0 Å². The van der Waals surface area contributed by atoms with Crippen LogP contribution in [0, 0.1) is 13.8 Å². The Bertz CT molecular complexity index is 868. The molecule has 26 heavy (non-hydrogen) atoms. The van der Waals surface area contributed by atoms with Crippen LogP contribution in [0.4, 0.5) is 0 Å². The standard InChI is InChI=1S/C19H24N2O3S2/c1-14-5-6-18(12-15(14)2)26(23,24)21-9-7-16(8-10-21)20-19(22)13-17-4-3-11-25-17/h3-6,11-12,16H,7-10,13H2,1-2H3,(H,20,22). The molecule has 0 spiro atoms. The fraction of sp³-hybridized carbons (Fsp3) is 0.421. The molecule has 140 valence electrons. The summed E-state index contributed by atoms with van der Waals surface area (Å²) in [5.41, 5.74) is 2.05. The number of hydrogen-bond donors (Lipinski definition) is 1. The number of thiophene rings is 1. The Morgan fingerprint density at radius 1 is 1.19 bits per heavy atom. The van der Waals surface area contributed by atoms with Crippen molar-refractivity contribution in [3.8, 4) is 0 Å². The van der Waals surface area contributed by atoms with Gasteiger partial charge in [0.2, 0.25) is 15.9 Å². The van der Waals surface area contributed by atoms with Crippen molar-refractivity contribution >= 4 is 27.3 Å². The topological polar surface area (TPSA) is 66.5 Å². The van der Waals surface area contributed by atoms with Gasteiger partial charge in [0.15, 0.2) is 0 Å². The number of piperidine rings is 1. The van der Waals surface area contributed by atoms with Crippen LogP contribution in [0.25, 0.3) is 0 Å². The maximum absolute atomic E-state index is 12.8. The molecule has 7 heteroatoms. The zero-order valence-electron chi connectivity index (χ0n) is 15.1. The normalized spacial score (nSPS) is 16.5. The number of carbonyl (C=O) groups excluding carboxylic acids is 1. The SMILES string of the molecule is Cc1ccc(S(=O)(=O)N2CCC(NC(=O)Cc3cccs3)CC2)cc1C. The zero-order valence-corrected chi connectivity index (χ0v) is 16.7. The Morgan fingerprint density at radius 2 is 1.92 bits per heavy atom. The van der Waals surface area contributed by atoms with E-state index in [1.807, 2.05) is 37.4 Å². The number of nitrogens with one attached hydrogen (secondary N) is 1.